The van der Waals surface area contributed by atoms with Crippen LogP contribution in [0.1, 0.15) is 29.2 Å². The number of hydrazone groups is 1. The summed E-state index contributed by atoms with van der Waals surface area (Å²) >= 11 is 1.50. The largest absolute Gasteiger partial charge is 0.485 e. The van der Waals surface area contributed by atoms with E-state index in [-0.39, 0.29) is 23.1 Å². The minimum atomic E-state index is -0.0793. The predicted octanol–water partition coefficient (Wildman–Crippen LogP) is 7.78. The van der Waals surface area contributed by atoms with Crippen molar-refractivity contribution in [3.8, 4) is 17.2 Å². The molecule has 5 aromatic rings. The van der Waals surface area contributed by atoms with Crippen molar-refractivity contribution in [1.29, 1.82) is 0 Å². The first-order valence-electron chi connectivity index (χ1n) is 10.8. The van der Waals surface area contributed by atoms with Gasteiger partial charge in [0.05, 0.1) is 5.71 Å². The number of aromatic nitrogens is 1. The fraction of sp³-hybridized carbons (Fsp3) is 0.111. The van der Waals surface area contributed by atoms with Crippen LogP contribution >= 0.6 is 28.3 Å². The van der Waals surface area contributed by atoms with Crippen molar-refractivity contribution >= 4 is 50.1 Å². The third-order valence-electron chi connectivity index (χ3n) is 5.73. The van der Waals surface area contributed by atoms with Crippen molar-refractivity contribution in [1.82, 2.24) is 4.98 Å². The van der Waals surface area contributed by atoms with Crippen molar-refractivity contribution in [3.05, 3.63) is 101 Å². The number of thiazole rings is 1. The van der Waals surface area contributed by atoms with Gasteiger partial charge in [0.2, 0.25) is 5.13 Å². The summed E-state index contributed by atoms with van der Waals surface area (Å²) in [6.45, 7) is 2.08. The highest BCUT2D eigenvalue weighted by molar-refractivity contribution is 8.93. The molecule has 1 unspecified atom stereocenters. The molecule has 0 saturated heterocycles. The lowest BCUT2D eigenvalue weighted by Gasteiger charge is -2.27. The number of nitrogens with zero attached hydrogens (tertiary/aromatic N) is 2. The number of ether oxygens (including phenoxy) is 1. The zero-order valence-corrected chi connectivity index (χ0v) is 20.9. The second kappa shape index (κ2) is 9.44. The van der Waals surface area contributed by atoms with Gasteiger partial charge in [0.15, 0.2) is 5.76 Å². The van der Waals surface area contributed by atoms with Crippen molar-refractivity contribution in [2.45, 2.75) is 19.4 Å². The number of para-hydroxylation sites is 1. The molecule has 7 heteroatoms. The van der Waals surface area contributed by atoms with Crippen LogP contribution in [0.2, 0.25) is 0 Å². The molecule has 0 bridgehead atoms. The molecule has 0 radical (unpaired) electrons. The number of nitrogens with one attached hydrogen (secondary N) is 1. The summed E-state index contributed by atoms with van der Waals surface area (Å²) in [5.41, 5.74) is 9.10. The van der Waals surface area contributed by atoms with Crippen molar-refractivity contribution in [2.75, 3.05) is 5.43 Å². The number of anilines is 1. The van der Waals surface area contributed by atoms with Crippen LogP contribution in [0.4, 0.5) is 5.13 Å². The molecular formula is C27H22BrN3O2S. The van der Waals surface area contributed by atoms with E-state index in [2.05, 4.69) is 41.6 Å². The number of furan rings is 1. The van der Waals surface area contributed by atoms with E-state index >= 15 is 0 Å². The van der Waals surface area contributed by atoms with Gasteiger partial charge in [-0.2, -0.15) is 5.10 Å². The lowest BCUT2D eigenvalue weighted by Crippen LogP contribution is -2.22. The van der Waals surface area contributed by atoms with Crippen LogP contribution in [-0.2, 0) is 0 Å². The normalized spacial score (nSPS) is 16.0. The van der Waals surface area contributed by atoms with Crippen LogP contribution < -0.4 is 10.2 Å². The summed E-state index contributed by atoms with van der Waals surface area (Å²) < 4.78 is 12.3. The Labute approximate surface area is 211 Å². The molecule has 3 heterocycles. The van der Waals surface area contributed by atoms with Crippen molar-refractivity contribution in [2.24, 2.45) is 5.10 Å². The number of halogens is 1. The quantitative estimate of drug-likeness (QED) is 0.240. The summed E-state index contributed by atoms with van der Waals surface area (Å²) in [5.74, 6) is 1.60. The fourth-order valence-corrected chi connectivity index (χ4v) is 4.72. The Balaban J connectivity index is 0.00000241. The van der Waals surface area contributed by atoms with Gasteiger partial charge in [0.25, 0.3) is 0 Å². The minimum Gasteiger partial charge on any atom is -0.485 e. The van der Waals surface area contributed by atoms with Crippen molar-refractivity contribution < 1.29 is 9.15 Å². The Hall–Kier alpha value is -3.42. The highest BCUT2D eigenvalue weighted by Gasteiger charge is 2.26. The van der Waals surface area contributed by atoms with Gasteiger partial charge in [0, 0.05) is 22.8 Å². The number of benzene rings is 3. The average Bonchev–Trinajstić information content (AvgIpc) is 3.50. The summed E-state index contributed by atoms with van der Waals surface area (Å²) in [7, 11) is 0. The Morgan fingerprint density at radius 2 is 1.82 bits per heavy atom. The number of hydrogen-bond donors (Lipinski definition) is 1. The third kappa shape index (κ3) is 4.36. The number of fused-ring (bicyclic) bond motifs is 2. The Kier molecular flexibility index (Phi) is 6.22. The smallest absolute Gasteiger partial charge is 0.204 e. The van der Waals surface area contributed by atoms with E-state index in [0.29, 0.717) is 6.42 Å². The number of hydrogen-bond acceptors (Lipinski definition) is 6. The van der Waals surface area contributed by atoms with Gasteiger partial charge in [-0.25, -0.2) is 4.98 Å². The summed E-state index contributed by atoms with van der Waals surface area (Å²) in [4.78, 5) is 4.69. The molecule has 0 saturated carbocycles. The molecular weight excluding hydrogens is 510 g/mol. The van der Waals surface area contributed by atoms with Gasteiger partial charge in [0.1, 0.15) is 23.1 Å². The van der Waals surface area contributed by atoms with E-state index in [0.717, 1.165) is 50.1 Å². The van der Waals surface area contributed by atoms with E-state index in [1.165, 1.54) is 16.9 Å². The SMILES string of the molecule is Br.Cc1ccc2c(c1)C(=NNc1nc(-c3cc4ccccc4o3)cs1)CC(c1ccccc1)O2. The Morgan fingerprint density at radius 3 is 2.68 bits per heavy atom. The molecule has 6 rings (SSSR count). The van der Waals surface area contributed by atoms with Crippen molar-refractivity contribution in [3.63, 3.8) is 0 Å². The summed E-state index contributed by atoms with van der Waals surface area (Å²) in [5, 5.41) is 8.53. The van der Waals surface area contributed by atoms with E-state index in [1.807, 2.05) is 60.0 Å². The van der Waals surface area contributed by atoms with Crippen LogP contribution in [0.15, 0.2) is 93.8 Å². The zero-order valence-electron chi connectivity index (χ0n) is 18.4. The lowest BCUT2D eigenvalue weighted by atomic mass is 9.94. The van der Waals surface area contributed by atoms with E-state index in [9.17, 15) is 0 Å². The maximum absolute atomic E-state index is 6.31. The first kappa shape index (κ1) is 22.4. The van der Waals surface area contributed by atoms with E-state index in [4.69, 9.17) is 14.3 Å². The molecule has 0 fully saturated rings. The van der Waals surface area contributed by atoms with Gasteiger partial charge >= 0.3 is 0 Å². The van der Waals surface area contributed by atoms with Gasteiger partial charge in [-0.1, -0.05) is 60.2 Å². The van der Waals surface area contributed by atoms with Gasteiger partial charge in [-0.15, -0.1) is 28.3 Å². The van der Waals surface area contributed by atoms with Gasteiger partial charge < -0.3 is 9.15 Å². The van der Waals surface area contributed by atoms with Gasteiger partial charge in [-0.3, -0.25) is 5.43 Å². The van der Waals surface area contributed by atoms with Gasteiger partial charge in [-0.05, 0) is 36.8 Å². The van der Waals surface area contributed by atoms with Crippen LogP contribution in [0.25, 0.3) is 22.4 Å². The highest BCUT2D eigenvalue weighted by Crippen LogP contribution is 2.36. The Bertz CT molecular complexity index is 1440. The molecule has 1 N–H and O–H groups in total. The first-order chi connectivity index (χ1) is 16.2. The molecule has 34 heavy (non-hydrogen) atoms. The summed E-state index contributed by atoms with van der Waals surface area (Å²) in [6, 6.07) is 26.5. The van der Waals surface area contributed by atoms with Crippen LogP contribution in [0.5, 0.6) is 5.75 Å². The fourth-order valence-electron chi connectivity index (χ4n) is 4.07. The second-order valence-corrected chi connectivity index (χ2v) is 8.94. The molecule has 0 amide bonds. The molecule has 1 aliphatic heterocycles. The molecule has 2 aromatic heterocycles. The Morgan fingerprint density at radius 1 is 1.00 bits per heavy atom. The van der Waals surface area contributed by atoms with E-state index < -0.39 is 0 Å². The van der Waals surface area contributed by atoms with E-state index in [1.54, 1.807) is 0 Å². The minimum absolute atomic E-state index is 0. The average molecular weight is 532 g/mol. The molecule has 3 aromatic carbocycles. The van der Waals surface area contributed by atoms with Crippen LogP contribution in [0, 0.1) is 6.92 Å². The third-order valence-corrected chi connectivity index (χ3v) is 6.48. The molecule has 0 aliphatic carbocycles. The predicted molar refractivity (Wildman–Crippen MR) is 143 cm³/mol. The van der Waals surface area contributed by atoms with Crippen LogP contribution in [0.3, 0.4) is 0 Å². The number of aryl methyl sites for hydroxylation is 1. The first-order valence-corrected chi connectivity index (χ1v) is 11.7. The maximum atomic E-state index is 6.31. The van der Waals surface area contributed by atoms with Crippen LogP contribution in [-0.4, -0.2) is 10.7 Å². The maximum Gasteiger partial charge on any atom is 0.204 e. The molecule has 0 spiro atoms. The molecule has 170 valence electrons. The monoisotopic (exact) mass is 531 g/mol. The molecule has 1 atom stereocenters. The molecule has 1 aliphatic rings. The number of rotatable bonds is 4. The lowest BCUT2D eigenvalue weighted by molar-refractivity contribution is 0.206. The standard InChI is InChI=1S/C27H21N3O2S.BrH/c1-17-11-12-24-20(13-17)21(15-25(32-24)18-7-3-2-4-8-18)29-30-27-28-22(16-33-27)26-14-19-9-5-6-10-23(19)31-26;/h2-14,16,25H,15H2,1H3,(H,28,30);1H. The summed E-state index contributed by atoms with van der Waals surface area (Å²) in [6.07, 6.45) is 0.597. The molecule has 5 nitrogen and oxygen atoms in total. The second-order valence-electron chi connectivity index (χ2n) is 8.08. The topological polar surface area (TPSA) is 59.7 Å². The highest BCUT2D eigenvalue weighted by atomic mass is 79.9. The zero-order chi connectivity index (χ0) is 22.2.